The first kappa shape index (κ1) is 13.1. The molecule has 0 spiro atoms. The van der Waals surface area contributed by atoms with Gasteiger partial charge in [0.2, 0.25) is 0 Å². The molecule has 16 heavy (non-hydrogen) atoms. The van der Waals surface area contributed by atoms with Gasteiger partial charge in [-0.05, 0) is 25.1 Å². The Labute approximate surface area is 99.9 Å². The fourth-order valence-electron chi connectivity index (χ4n) is 1.13. The highest BCUT2D eigenvalue weighted by Crippen LogP contribution is 2.18. The van der Waals surface area contributed by atoms with Gasteiger partial charge in [-0.2, -0.15) is 0 Å². The summed E-state index contributed by atoms with van der Waals surface area (Å²) in [5.41, 5.74) is 0.190. The van der Waals surface area contributed by atoms with Gasteiger partial charge in [0, 0.05) is 11.2 Å². The average Bonchev–Trinajstić information content (AvgIpc) is 2.16. The first-order valence-corrected chi connectivity index (χ1v) is 6.89. The predicted octanol–water partition coefficient (Wildman–Crippen LogP) is 1.56. The second-order valence-corrected chi connectivity index (χ2v) is 5.74. The van der Waals surface area contributed by atoms with Gasteiger partial charge in [-0.1, -0.05) is 0 Å². The lowest BCUT2D eigenvalue weighted by molar-refractivity contribution is 0.0526. The Balaban J connectivity index is 3.24. The summed E-state index contributed by atoms with van der Waals surface area (Å²) < 4.78 is 27.4. The van der Waals surface area contributed by atoms with Crippen molar-refractivity contribution in [2.45, 2.75) is 16.7 Å². The van der Waals surface area contributed by atoms with E-state index in [1.807, 2.05) is 0 Å². The minimum absolute atomic E-state index is 0.0584. The molecule has 0 amide bonds. The third kappa shape index (κ3) is 3.24. The van der Waals surface area contributed by atoms with Crippen molar-refractivity contribution in [2.75, 3.05) is 12.9 Å². The van der Waals surface area contributed by atoms with E-state index in [1.54, 1.807) is 6.92 Å². The number of carbonyl (C=O) groups excluding carboxylic acids is 1. The molecule has 88 valence electrons. The number of benzene rings is 1. The van der Waals surface area contributed by atoms with Crippen LogP contribution in [0.2, 0.25) is 0 Å². The van der Waals surface area contributed by atoms with Gasteiger partial charge >= 0.3 is 5.97 Å². The van der Waals surface area contributed by atoms with E-state index in [0.29, 0.717) is 4.90 Å². The Kier molecular flexibility index (Phi) is 3.98. The summed E-state index contributed by atoms with van der Waals surface area (Å²) in [6, 6.07) is 4.14. The number of ether oxygens (including phenoxy) is 1. The van der Waals surface area contributed by atoms with E-state index in [9.17, 15) is 13.2 Å². The standard InChI is InChI=1S/C10H12O4S2/c1-3-14-10(11)7-4-8(15)6-9(5-7)16(2,12)13/h4-6,15H,3H2,1-2H3. The van der Waals surface area contributed by atoms with Gasteiger partial charge in [0.15, 0.2) is 9.84 Å². The van der Waals surface area contributed by atoms with Gasteiger partial charge in [0.1, 0.15) is 0 Å². The number of sulfone groups is 1. The Hall–Kier alpha value is -1.01. The molecular weight excluding hydrogens is 248 g/mol. The molecule has 0 radical (unpaired) electrons. The van der Waals surface area contributed by atoms with Crippen LogP contribution in [0.5, 0.6) is 0 Å². The summed E-state index contributed by atoms with van der Waals surface area (Å²) in [4.78, 5) is 11.9. The second kappa shape index (κ2) is 4.88. The summed E-state index contributed by atoms with van der Waals surface area (Å²) in [6.07, 6.45) is 1.07. The van der Waals surface area contributed by atoms with Crippen molar-refractivity contribution in [1.82, 2.24) is 0 Å². The quantitative estimate of drug-likeness (QED) is 0.662. The normalized spacial score (nSPS) is 11.2. The molecule has 0 unspecified atom stereocenters. The molecule has 0 aliphatic rings. The van der Waals surface area contributed by atoms with Gasteiger partial charge < -0.3 is 4.74 Å². The van der Waals surface area contributed by atoms with Crippen LogP contribution in [0.1, 0.15) is 17.3 Å². The summed E-state index contributed by atoms with van der Waals surface area (Å²) in [5, 5.41) is 0. The van der Waals surface area contributed by atoms with Gasteiger partial charge in [-0.25, -0.2) is 13.2 Å². The van der Waals surface area contributed by atoms with E-state index in [1.165, 1.54) is 18.2 Å². The van der Waals surface area contributed by atoms with Gasteiger partial charge in [-0.15, -0.1) is 12.6 Å². The minimum atomic E-state index is -3.35. The molecule has 0 bridgehead atoms. The van der Waals surface area contributed by atoms with E-state index >= 15 is 0 Å². The summed E-state index contributed by atoms with van der Waals surface area (Å²) >= 11 is 4.05. The van der Waals surface area contributed by atoms with Gasteiger partial charge in [-0.3, -0.25) is 0 Å². The van der Waals surface area contributed by atoms with Crippen LogP contribution in [-0.2, 0) is 14.6 Å². The zero-order valence-electron chi connectivity index (χ0n) is 8.93. The summed E-state index contributed by atoms with van der Waals surface area (Å²) in [6.45, 7) is 1.92. The van der Waals surface area contributed by atoms with Crippen LogP contribution in [0.3, 0.4) is 0 Å². The average molecular weight is 260 g/mol. The molecule has 1 rings (SSSR count). The lowest BCUT2D eigenvalue weighted by Gasteiger charge is -2.05. The molecule has 0 atom stereocenters. The number of rotatable bonds is 3. The molecule has 0 N–H and O–H groups in total. The first-order valence-electron chi connectivity index (χ1n) is 4.56. The van der Waals surface area contributed by atoms with Gasteiger partial charge in [0.25, 0.3) is 0 Å². The van der Waals surface area contributed by atoms with Crippen molar-refractivity contribution in [3.05, 3.63) is 23.8 Å². The van der Waals surface area contributed by atoms with Crippen molar-refractivity contribution in [3.8, 4) is 0 Å². The molecule has 0 heterocycles. The number of hydrogen-bond donors (Lipinski definition) is 1. The van der Waals surface area contributed by atoms with Gasteiger partial charge in [0.05, 0.1) is 17.1 Å². The van der Waals surface area contributed by atoms with Crippen molar-refractivity contribution < 1.29 is 17.9 Å². The zero-order valence-corrected chi connectivity index (χ0v) is 10.6. The second-order valence-electron chi connectivity index (χ2n) is 3.21. The molecule has 0 saturated carbocycles. The predicted molar refractivity (Wildman–Crippen MR) is 62.8 cm³/mol. The monoisotopic (exact) mass is 260 g/mol. The Morgan fingerprint density at radius 3 is 2.50 bits per heavy atom. The fourth-order valence-corrected chi connectivity index (χ4v) is 2.18. The van der Waals surface area contributed by atoms with E-state index in [-0.39, 0.29) is 17.1 Å². The van der Waals surface area contributed by atoms with Crippen LogP contribution < -0.4 is 0 Å². The van der Waals surface area contributed by atoms with Crippen LogP contribution >= 0.6 is 12.6 Å². The maximum absolute atomic E-state index is 11.4. The molecule has 0 aliphatic carbocycles. The third-order valence-electron chi connectivity index (χ3n) is 1.83. The Bertz CT molecular complexity index is 506. The van der Waals surface area contributed by atoms with E-state index in [2.05, 4.69) is 12.6 Å². The first-order chi connectivity index (χ1) is 7.34. The molecule has 0 saturated heterocycles. The van der Waals surface area contributed by atoms with Crippen molar-refractivity contribution >= 4 is 28.4 Å². The van der Waals surface area contributed by atoms with Crippen LogP contribution in [0.25, 0.3) is 0 Å². The molecular formula is C10H12O4S2. The highest BCUT2D eigenvalue weighted by atomic mass is 32.2. The third-order valence-corrected chi connectivity index (χ3v) is 3.18. The van der Waals surface area contributed by atoms with Crippen LogP contribution in [0, 0.1) is 0 Å². The van der Waals surface area contributed by atoms with Crippen LogP contribution in [0.15, 0.2) is 28.0 Å². The zero-order chi connectivity index (χ0) is 12.3. The van der Waals surface area contributed by atoms with Crippen LogP contribution in [0.4, 0.5) is 0 Å². The number of carbonyl (C=O) groups is 1. The summed E-state index contributed by atoms with van der Waals surface area (Å²) in [7, 11) is -3.35. The molecule has 6 heteroatoms. The maximum Gasteiger partial charge on any atom is 0.338 e. The van der Waals surface area contributed by atoms with Crippen molar-refractivity contribution in [3.63, 3.8) is 0 Å². The molecule has 0 fully saturated rings. The highest BCUT2D eigenvalue weighted by molar-refractivity contribution is 7.90. The highest BCUT2D eigenvalue weighted by Gasteiger charge is 2.13. The lowest BCUT2D eigenvalue weighted by Crippen LogP contribution is -2.07. The molecule has 1 aromatic carbocycles. The molecule has 0 aromatic heterocycles. The summed E-state index contributed by atoms with van der Waals surface area (Å²) in [5.74, 6) is -0.552. The maximum atomic E-state index is 11.4. The SMILES string of the molecule is CCOC(=O)c1cc(S)cc(S(C)(=O)=O)c1. The topological polar surface area (TPSA) is 60.4 Å². The number of thiol groups is 1. The molecule has 0 aliphatic heterocycles. The largest absolute Gasteiger partial charge is 0.462 e. The number of hydrogen-bond acceptors (Lipinski definition) is 5. The van der Waals surface area contributed by atoms with E-state index in [4.69, 9.17) is 4.74 Å². The van der Waals surface area contributed by atoms with Crippen LogP contribution in [-0.4, -0.2) is 27.2 Å². The molecule has 4 nitrogen and oxygen atoms in total. The van der Waals surface area contributed by atoms with Crippen molar-refractivity contribution in [1.29, 1.82) is 0 Å². The van der Waals surface area contributed by atoms with E-state index < -0.39 is 15.8 Å². The number of esters is 1. The Morgan fingerprint density at radius 1 is 1.38 bits per heavy atom. The van der Waals surface area contributed by atoms with Crippen molar-refractivity contribution in [2.24, 2.45) is 0 Å². The fraction of sp³-hybridized carbons (Fsp3) is 0.300. The lowest BCUT2D eigenvalue weighted by atomic mass is 10.2. The minimum Gasteiger partial charge on any atom is -0.462 e. The van der Waals surface area contributed by atoms with E-state index in [0.717, 1.165) is 6.26 Å². The molecule has 1 aromatic rings. The Morgan fingerprint density at radius 2 is 2.00 bits per heavy atom. The smallest absolute Gasteiger partial charge is 0.338 e.